The third-order valence-corrected chi connectivity index (χ3v) is 7.68. The number of benzene rings is 2. The zero-order valence-corrected chi connectivity index (χ0v) is 22.7. The number of carbonyl (C=O) groups is 2. The Hall–Kier alpha value is -3.89. The number of hydrogen-bond donors (Lipinski definition) is 2. The van der Waals surface area contributed by atoms with Crippen LogP contribution in [0.5, 0.6) is 11.5 Å². The number of pyridine rings is 1. The second-order valence-electron chi connectivity index (χ2n) is 9.25. The number of amides is 2. The van der Waals surface area contributed by atoms with Gasteiger partial charge in [-0.25, -0.2) is 4.39 Å². The summed E-state index contributed by atoms with van der Waals surface area (Å²) in [5.41, 5.74) is 1.86. The summed E-state index contributed by atoms with van der Waals surface area (Å²) in [5, 5.41) is 5.50. The summed E-state index contributed by atoms with van der Waals surface area (Å²) in [4.78, 5) is 32.2. The Labute approximate surface area is 235 Å². The molecule has 39 heavy (non-hydrogen) atoms. The first-order valence-electron chi connectivity index (χ1n) is 12.8. The maximum atomic E-state index is 15.0. The fourth-order valence-electron chi connectivity index (χ4n) is 4.42. The number of rotatable bonds is 6. The molecule has 2 amide bonds. The number of fused-ring (bicyclic) bond motifs is 1. The highest BCUT2D eigenvalue weighted by atomic mass is 32.1. The third-order valence-electron chi connectivity index (χ3n) is 6.35. The standard InChI is InChI=1S/C29H27FN4O3S2/c30-21-17-20(32-29(38)33-26(35)16-19-8-4-3-5-9-19)10-11-23(21)37-24-12-13-31-22-18-25(39-27(22)24)28(36)34-14-6-1-2-7-15-34/h3-5,8-13,17-18H,1-2,6-7,14-16H2,(H2,32,33,35,38). The summed E-state index contributed by atoms with van der Waals surface area (Å²) >= 11 is 6.51. The molecule has 0 saturated carbocycles. The first-order chi connectivity index (χ1) is 19.0. The number of nitrogens with zero attached hydrogens (tertiary/aromatic N) is 2. The Balaban J connectivity index is 1.24. The lowest BCUT2D eigenvalue weighted by Crippen LogP contribution is -2.35. The smallest absolute Gasteiger partial charge is 0.264 e. The number of hydrogen-bond acceptors (Lipinski definition) is 6. The van der Waals surface area contributed by atoms with Crippen LogP contribution in [0, 0.1) is 5.82 Å². The minimum Gasteiger partial charge on any atom is -0.453 e. The van der Waals surface area contributed by atoms with Gasteiger partial charge in [0.15, 0.2) is 16.7 Å². The highest BCUT2D eigenvalue weighted by molar-refractivity contribution is 7.80. The molecule has 2 aromatic heterocycles. The number of anilines is 1. The highest BCUT2D eigenvalue weighted by Crippen LogP contribution is 2.36. The summed E-state index contributed by atoms with van der Waals surface area (Å²) in [6.45, 7) is 1.52. The first-order valence-corrected chi connectivity index (χ1v) is 14.0. The van der Waals surface area contributed by atoms with Gasteiger partial charge in [-0.2, -0.15) is 0 Å². The van der Waals surface area contributed by atoms with Gasteiger partial charge in [0.2, 0.25) is 5.91 Å². The monoisotopic (exact) mass is 562 g/mol. The van der Waals surface area contributed by atoms with E-state index in [9.17, 15) is 14.0 Å². The van der Waals surface area contributed by atoms with Gasteiger partial charge in [0.1, 0.15) is 5.75 Å². The van der Waals surface area contributed by atoms with Gasteiger partial charge in [0.25, 0.3) is 5.91 Å². The van der Waals surface area contributed by atoms with Crippen LogP contribution in [0.1, 0.15) is 40.9 Å². The van der Waals surface area contributed by atoms with Gasteiger partial charge in [-0.15, -0.1) is 11.3 Å². The molecule has 200 valence electrons. The van der Waals surface area contributed by atoms with Crippen molar-refractivity contribution in [3.63, 3.8) is 0 Å². The van der Waals surface area contributed by atoms with Crippen molar-refractivity contribution in [1.29, 1.82) is 0 Å². The number of ether oxygens (including phenoxy) is 1. The lowest BCUT2D eigenvalue weighted by atomic mass is 10.1. The van der Waals surface area contributed by atoms with E-state index in [1.165, 1.54) is 23.5 Å². The van der Waals surface area contributed by atoms with Crippen LogP contribution in [0.15, 0.2) is 66.9 Å². The minimum absolute atomic E-state index is 0.000661. The van der Waals surface area contributed by atoms with Crippen LogP contribution < -0.4 is 15.4 Å². The van der Waals surface area contributed by atoms with Crippen LogP contribution >= 0.6 is 23.6 Å². The summed E-state index contributed by atoms with van der Waals surface area (Å²) in [6, 6.07) is 17.1. The highest BCUT2D eigenvalue weighted by Gasteiger charge is 2.21. The number of thiocarbonyl (C=S) groups is 1. The predicted octanol–water partition coefficient (Wildman–Crippen LogP) is 6.30. The zero-order chi connectivity index (χ0) is 27.2. The SMILES string of the molecule is O=C(Cc1ccccc1)NC(=S)Nc1ccc(Oc2ccnc3cc(C(=O)N4CCCCCC4)sc23)c(F)c1. The fraction of sp³-hybridized carbons (Fsp3) is 0.241. The topological polar surface area (TPSA) is 83.6 Å². The van der Waals surface area contributed by atoms with E-state index in [4.69, 9.17) is 17.0 Å². The number of carbonyl (C=O) groups excluding carboxylic acids is 2. The minimum atomic E-state index is -0.610. The van der Waals surface area contributed by atoms with Crippen molar-refractivity contribution in [3.8, 4) is 11.5 Å². The molecule has 2 aromatic carbocycles. The average Bonchev–Trinajstić information content (AvgIpc) is 3.18. The molecule has 0 spiro atoms. The van der Waals surface area contributed by atoms with E-state index in [0.29, 0.717) is 26.5 Å². The molecule has 1 aliphatic rings. The van der Waals surface area contributed by atoms with Crippen molar-refractivity contribution >= 4 is 56.4 Å². The average molecular weight is 563 g/mol. The van der Waals surface area contributed by atoms with Crippen LogP contribution in [0.4, 0.5) is 10.1 Å². The molecule has 0 radical (unpaired) electrons. The maximum absolute atomic E-state index is 15.0. The van der Waals surface area contributed by atoms with Gasteiger partial charge in [0, 0.05) is 37.1 Å². The zero-order valence-electron chi connectivity index (χ0n) is 21.1. The Bertz CT molecular complexity index is 1500. The van der Waals surface area contributed by atoms with Crippen molar-refractivity contribution < 1.29 is 18.7 Å². The molecule has 7 nitrogen and oxygen atoms in total. The quantitative estimate of drug-likeness (QED) is 0.269. The number of halogens is 1. The molecule has 2 N–H and O–H groups in total. The van der Waals surface area contributed by atoms with E-state index in [-0.39, 0.29) is 29.1 Å². The number of aromatic nitrogens is 1. The second kappa shape index (κ2) is 12.3. The predicted molar refractivity (Wildman–Crippen MR) is 155 cm³/mol. The molecule has 4 aromatic rings. The lowest BCUT2D eigenvalue weighted by Gasteiger charge is -2.19. The van der Waals surface area contributed by atoms with E-state index in [1.54, 1.807) is 24.4 Å². The van der Waals surface area contributed by atoms with E-state index in [1.807, 2.05) is 35.2 Å². The van der Waals surface area contributed by atoms with E-state index in [2.05, 4.69) is 15.6 Å². The summed E-state index contributed by atoms with van der Waals surface area (Å²) < 4.78 is 21.6. The molecule has 3 heterocycles. The van der Waals surface area contributed by atoms with Crippen LogP contribution in [0.3, 0.4) is 0 Å². The number of likely N-dealkylation sites (tertiary alicyclic amines) is 1. The normalized spacial score (nSPS) is 13.5. The summed E-state index contributed by atoms with van der Waals surface area (Å²) in [7, 11) is 0. The fourth-order valence-corrected chi connectivity index (χ4v) is 5.69. The van der Waals surface area contributed by atoms with E-state index in [0.717, 1.165) is 44.3 Å². The van der Waals surface area contributed by atoms with Crippen LogP contribution in [-0.2, 0) is 11.2 Å². The van der Waals surface area contributed by atoms with Crippen molar-refractivity contribution in [2.45, 2.75) is 32.1 Å². The summed E-state index contributed by atoms with van der Waals surface area (Å²) in [6.07, 6.45) is 6.07. The maximum Gasteiger partial charge on any atom is 0.264 e. The van der Waals surface area contributed by atoms with Crippen molar-refractivity contribution in [2.24, 2.45) is 0 Å². The third kappa shape index (κ3) is 6.76. The number of nitrogens with one attached hydrogen (secondary N) is 2. The molecule has 1 aliphatic heterocycles. The van der Waals surface area contributed by atoms with Crippen LogP contribution in [0.25, 0.3) is 10.2 Å². The number of thiophene rings is 1. The molecule has 10 heteroatoms. The van der Waals surface area contributed by atoms with Gasteiger partial charge >= 0.3 is 0 Å². The Kier molecular flexibility index (Phi) is 8.43. The van der Waals surface area contributed by atoms with Crippen LogP contribution in [0.2, 0.25) is 0 Å². The molecular formula is C29H27FN4O3S2. The molecule has 0 atom stereocenters. The van der Waals surface area contributed by atoms with Crippen LogP contribution in [-0.4, -0.2) is 39.9 Å². The van der Waals surface area contributed by atoms with Crippen molar-refractivity contribution in [1.82, 2.24) is 15.2 Å². The molecule has 1 fully saturated rings. The Morgan fingerprint density at radius 3 is 2.51 bits per heavy atom. The molecule has 0 aliphatic carbocycles. The lowest BCUT2D eigenvalue weighted by molar-refractivity contribution is -0.119. The van der Waals surface area contributed by atoms with Gasteiger partial charge in [-0.3, -0.25) is 14.6 Å². The molecule has 5 rings (SSSR count). The Morgan fingerprint density at radius 1 is 1.00 bits per heavy atom. The van der Waals surface area contributed by atoms with Gasteiger partial charge < -0.3 is 20.3 Å². The molecule has 0 unspecified atom stereocenters. The summed E-state index contributed by atoms with van der Waals surface area (Å²) in [5.74, 6) is -0.449. The van der Waals surface area contributed by atoms with E-state index >= 15 is 0 Å². The molecular weight excluding hydrogens is 535 g/mol. The first kappa shape index (κ1) is 26.7. The van der Waals surface area contributed by atoms with E-state index < -0.39 is 5.82 Å². The second-order valence-corrected chi connectivity index (χ2v) is 10.7. The van der Waals surface area contributed by atoms with Gasteiger partial charge in [0.05, 0.1) is 21.5 Å². The van der Waals surface area contributed by atoms with Crippen molar-refractivity contribution in [2.75, 3.05) is 18.4 Å². The molecule has 1 saturated heterocycles. The van der Waals surface area contributed by atoms with Gasteiger partial charge in [-0.05, 0) is 48.8 Å². The Morgan fingerprint density at radius 2 is 1.77 bits per heavy atom. The largest absolute Gasteiger partial charge is 0.453 e. The van der Waals surface area contributed by atoms with Crippen molar-refractivity contribution in [3.05, 3.63) is 83.1 Å². The molecule has 0 bridgehead atoms. The van der Waals surface area contributed by atoms with Gasteiger partial charge in [-0.1, -0.05) is 43.2 Å².